The SMILES string of the molecule is COC(C)CNc1cc(NN)nc(C)n1. The van der Waals surface area contributed by atoms with E-state index in [0.29, 0.717) is 18.2 Å². The molecule has 0 spiro atoms. The summed E-state index contributed by atoms with van der Waals surface area (Å²) in [5, 5.41) is 3.14. The number of nitrogen functional groups attached to an aromatic ring is 1. The summed E-state index contributed by atoms with van der Waals surface area (Å²) in [6.45, 7) is 4.48. The maximum absolute atomic E-state index is 5.28. The van der Waals surface area contributed by atoms with Crippen LogP contribution in [-0.4, -0.2) is 29.7 Å². The third kappa shape index (κ3) is 3.69. The molecule has 1 atom stereocenters. The van der Waals surface area contributed by atoms with Crippen LogP contribution in [0.3, 0.4) is 0 Å². The van der Waals surface area contributed by atoms with Gasteiger partial charge in [-0.25, -0.2) is 15.8 Å². The van der Waals surface area contributed by atoms with Gasteiger partial charge in [0.1, 0.15) is 17.5 Å². The maximum Gasteiger partial charge on any atom is 0.145 e. The van der Waals surface area contributed by atoms with E-state index in [4.69, 9.17) is 10.6 Å². The molecule has 0 aliphatic rings. The van der Waals surface area contributed by atoms with E-state index in [-0.39, 0.29) is 6.10 Å². The second-order valence-electron chi connectivity index (χ2n) is 3.26. The topological polar surface area (TPSA) is 85.1 Å². The Bertz CT molecular complexity index is 317. The normalized spacial score (nSPS) is 12.3. The molecule has 6 nitrogen and oxygen atoms in total. The quantitative estimate of drug-likeness (QED) is 0.486. The van der Waals surface area contributed by atoms with Crippen LogP contribution in [-0.2, 0) is 4.74 Å². The van der Waals surface area contributed by atoms with Gasteiger partial charge in [-0.05, 0) is 13.8 Å². The van der Waals surface area contributed by atoms with Crippen LogP contribution in [0.25, 0.3) is 0 Å². The Morgan fingerprint density at radius 3 is 2.73 bits per heavy atom. The molecule has 0 aromatic carbocycles. The number of ether oxygens (including phenoxy) is 1. The molecule has 0 saturated heterocycles. The van der Waals surface area contributed by atoms with E-state index in [2.05, 4.69) is 20.7 Å². The highest BCUT2D eigenvalue weighted by molar-refractivity contribution is 5.46. The second kappa shape index (κ2) is 5.47. The molecular formula is C9H17N5O. The van der Waals surface area contributed by atoms with Gasteiger partial charge in [0.15, 0.2) is 0 Å². The van der Waals surface area contributed by atoms with Gasteiger partial charge < -0.3 is 15.5 Å². The van der Waals surface area contributed by atoms with Crippen LogP contribution < -0.4 is 16.6 Å². The number of nitrogens with two attached hydrogens (primary N) is 1. The molecule has 84 valence electrons. The first-order chi connectivity index (χ1) is 7.15. The number of hydrazine groups is 1. The monoisotopic (exact) mass is 211 g/mol. The summed E-state index contributed by atoms with van der Waals surface area (Å²) in [6, 6.07) is 1.75. The van der Waals surface area contributed by atoms with E-state index >= 15 is 0 Å². The summed E-state index contributed by atoms with van der Waals surface area (Å²) in [5.74, 6) is 7.27. The van der Waals surface area contributed by atoms with Crippen molar-refractivity contribution in [2.45, 2.75) is 20.0 Å². The summed E-state index contributed by atoms with van der Waals surface area (Å²) in [5.41, 5.74) is 2.49. The van der Waals surface area contributed by atoms with Crippen LogP contribution in [0.2, 0.25) is 0 Å². The van der Waals surface area contributed by atoms with Crippen molar-refractivity contribution in [1.82, 2.24) is 9.97 Å². The number of hydrogen-bond acceptors (Lipinski definition) is 6. The van der Waals surface area contributed by atoms with Gasteiger partial charge in [0, 0.05) is 19.7 Å². The molecular weight excluding hydrogens is 194 g/mol. The fourth-order valence-electron chi connectivity index (χ4n) is 1.06. The van der Waals surface area contributed by atoms with Gasteiger partial charge in [0.2, 0.25) is 0 Å². The number of methoxy groups -OCH3 is 1. The lowest BCUT2D eigenvalue weighted by atomic mass is 10.4. The first-order valence-corrected chi connectivity index (χ1v) is 4.74. The van der Waals surface area contributed by atoms with Crippen LogP contribution in [0.15, 0.2) is 6.07 Å². The molecule has 0 aliphatic heterocycles. The van der Waals surface area contributed by atoms with Gasteiger partial charge in [-0.3, -0.25) is 0 Å². The van der Waals surface area contributed by atoms with Crippen molar-refractivity contribution in [3.05, 3.63) is 11.9 Å². The molecule has 0 bridgehead atoms. The zero-order chi connectivity index (χ0) is 11.3. The molecule has 1 heterocycles. The number of nitrogens with one attached hydrogen (secondary N) is 2. The zero-order valence-electron chi connectivity index (χ0n) is 9.24. The highest BCUT2D eigenvalue weighted by Crippen LogP contribution is 2.09. The number of rotatable bonds is 5. The van der Waals surface area contributed by atoms with E-state index < -0.39 is 0 Å². The highest BCUT2D eigenvalue weighted by atomic mass is 16.5. The molecule has 15 heavy (non-hydrogen) atoms. The van der Waals surface area contributed by atoms with E-state index in [0.717, 1.165) is 5.82 Å². The first kappa shape index (κ1) is 11.7. The number of nitrogens with zero attached hydrogens (tertiary/aromatic N) is 2. The van der Waals surface area contributed by atoms with Crippen molar-refractivity contribution in [2.24, 2.45) is 5.84 Å². The largest absolute Gasteiger partial charge is 0.380 e. The minimum atomic E-state index is 0.134. The molecule has 6 heteroatoms. The van der Waals surface area contributed by atoms with Crippen LogP contribution in [0.4, 0.5) is 11.6 Å². The maximum atomic E-state index is 5.28. The Labute approximate surface area is 89.2 Å². The third-order valence-corrected chi connectivity index (χ3v) is 1.96. The van der Waals surface area contributed by atoms with E-state index in [1.807, 2.05) is 13.8 Å². The average molecular weight is 211 g/mol. The van der Waals surface area contributed by atoms with Crippen molar-refractivity contribution in [1.29, 1.82) is 0 Å². The van der Waals surface area contributed by atoms with Crippen molar-refractivity contribution < 1.29 is 4.74 Å². The predicted molar refractivity (Wildman–Crippen MR) is 59.5 cm³/mol. The standard InChI is InChI=1S/C9H17N5O/c1-6(15-3)5-11-8-4-9(14-10)13-7(2)12-8/h4,6H,5,10H2,1-3H3,(H2,11,12,13,14). The van der Waals surface area contributed by atoms with Crippen LogP contribution in [0.5, 0.6) is 0 Å². The third-order valence-electron chi connectivity index (χ3n) is 1.96. The number of anilines is 2. The molecule has 0 fully saturated rings. The van der Waals surface area contributed by atoms with Crippen molar-refractivity contribution >= 4 is 11.6 Å². The lowest BCUT2D eigenvalue weighted by Crippen LogP contribution is -2.19. The van der Waals surface area contributed by atoms with Crippen molar-refractivity contribution in [2.75, 3.05) is 24.4 Å². The van der Waals surface area contributed by atoms with Gasteiger partial charge in [0.25, 0.3) is 0 Å². The summed E-state index contributed by atoms with van der Waals surface area (Å²) in [4.78, 5) is 8.30. The average Bonchev–Trinajstić information content (AvgIpc) is 2.25. The minimum Gasteiger partial charge on any atom is -0.380 e. The van der Waals surface area contributed by atoms with Gasteiger partial charge in [-0.1, -0.05) is 0 Å². The molecule has 0 radical (unpaired) electrons. The fourth-order valence-corrected chi connectivity index (χ4v) is 1.06. The second-order valence-corrected chi connectivity index (χ2v) is 3.26. The fraction of sp³-hybridized carbons (Fsp3) is 0.556. The Kier molecular flexibility index (Phi) is 4.26. The minimum absolute atomic E-state index is 0.134. The Hall–Kier alpha value is -1.40. The van der Waals surface area contributed by atoms with Crippen molar-refractivity contribution in [3.63, 3.8) is 0 Å². The van der Waals surface area contributed by atoms with E-state index in [9.17, 15) is 0 Å². The number of aromatic nitrogens is 2. The molecule has 0 amide bonds. The molecule has 1 rings (SSSR count). The van der Waals surface area contributed by atoms with Gasteiger partial charge in [-0.2, -0.15) is 0 Å². The Morgan fingerprint density at radius 1 is 1.47 bits per heavy atom. The molecule has 4 N–H and O–H groups in total. The smallest absolute Gasteiger partial charge is 0.145 e. The van der Waals surface area contributed by atoms with Gasteiger partial charge in [-0.15, -0.1) is 0 Å². The van der Waals surface area contributed by atoms with E-state index in [1.165, 1.54) is 0 Å². The van der Waals surface area contributed by atoms with Crippen LogP contribution in [0.1, 0.15) is 12.7 Å². The van der Waals surface area contributed by atoms with Gasteiger partial charge >= 0.3 is 0 Å². The number of aryl methyl sites for hydroxylation is 1. The van der Waals surface area contributed by atoms with Crippen molar-refractivity contribution in [3.8, 4) is 0 Å². The number of hydrogen-bond donors (Lipinski definition) is 3. The predicted octanol–water partition coefficient (Wildman–Crippen LogP) is 0.517. The first-order valence-electron chi connectivity index (χ1n) is 4.74. The van der Waals surface area contributed by atoms with Gasteiger partial charge in [0.05, 0.1) is 6.10 Å². The molecule has 1 unspecified atom stereocenters. The molecule has 0 saturated carbocycles. The summed E-state index contributed by atoms with van der Waals surface area (Å²) < 4.78 is 5.11. The summed E-state index contributed by atoms with van der Waals surface area (Å²) in [6.07, 6.45) is 0.134. The molecule has 0 aliphatic carbocycles. The summed E-state index contributed by atoms with van der Waals surface area (Å²) in [7, 11) is 1.67. The lowest BCUT2D eigenvalue weighted by molar-refractivity contribution is 0.128. The zero-order valence-corrected chi connectivity index (χ0v) is 9.24. The Balaban J connectivity index is 2.64. The summed E-state index contributed by atoms with van der Waals surface area (Å²) >= 11 is 0. The molecule has 1 aromatic rings. The highest BCUT2D eigenvalue weighted by Gasteiger charge is 2.02. The Morgan fingerprint density at radius 2 is 2.13 bits per heavy atom. The van der Waals surface area contributed by atoms with Crippen LogP contribution in [0, 0.1) is 6.92 Å². The van der Waals surface area contributed by atoms with Crippen LogP contribution >= 0.6 is 0 Å². The lowest BCUT2D eigenvalue weighted by Gasteiger charge is -2.12. The van der Waals surface area contributed by atoms with E-state index in [1.54, 1.807) is 13.2 Å². The molecule has 1 aromatic heterocycles.